The third-order valence-electron chi connectivity index (χ3n) is 12.3. The average molecular weight is 1640 g/mol. The molecule has 0 aliphatic heterocycles. The second-order valence-corrected chi connectivity index (χ2v) is 30.6. The molecule has 0 aliphatic rings. The van der Waals surface area contributed by atoms with Crippen molar-refractivity contribution in [1.82, 2.24) is 24.3 Å². The van der Waals surface area contributed by atoms with Gasteiger partial charge >= 0.3 is 21.2 Å². The second-order valence-electron chi connectivity index (χ2n) is 19.9. The maximum Gasteiger partial charge on any atom is 0.425 e. The number of thioether (sulfide) groups is 2. The number of ether oxygens (including phenoxy) is 1. The number of aromatic nitrogens is 5. The van der Waals surface area contributed by atoms with Gasteiger partial charge in [-0.25, -0.2) is 4.98 Å². The molecule has 5 aromatic carbocycles. The van der Waals surface area contributed by atoms with E-state index in [-0.39, 0.29) is 116 Å². The van der Waals surface area contributed by atoms with Crippen molar-refractivity contribution in [2.24, 2.45) is 30.7 Å². The van der Waals surface area contributed by atoms with Crippen molar-refractivity contribution < 1.29 is 110 Å². The van der Waals surface area contributed by atoms with Crippen molar-refractivity contribution in [2.45, 2.75) is 53.7 Å². The van der Waals surface area contributed by atoms with Crippen LogP contribution in [0.25, 0.3) is 16.7 Å². The number of amides is 1. The molecule has 0 aliphatic carbocycles. The summed E-state index contributed by atoms with van der Waals surface area (Å²) in [7, 11) is -26.5. The number of nitro groups is 1. The largest absolute Gasteiger partial charge is 0.493 e. The maximum atomic E-state index is 12.8. The number of nitrogens with one attached hydrogen (secondary N) is 4. The number of carbonyl (C=O) groups excluding carboxylic acids is 1. The molecule has 0 bridgehead atoms. The van der Waals surface area contributed by atoms with Crippen LogP contribution in [0, 0.1) is 28.4 Å². The van der Waals surface area contributed by atoms with E-state index in [0.717, 1.165) is 54.7 Å². The molecule has 43 nitrogen and oxygen atoms in total. The lowest BCUT2D eigenvalue weighted by atomic mass is 10.1. The number of hydrogen-bond donors (Lipinski definition) is 10. The van der Waals surface area contributed by atoms with E-state index in [4.69, 9.17) is 25.3 Å². The number of anilines is 6. The van der Waals surface area contributed by atoms with Crippen molar-refractivity contribution in [2.75, 3.05) is 70.8 Å². The van der Waals surface area contributed by atoms with E-state index in [1.807, 2.05) is 0 Å². The zero-order valence-electron chi connectivity index (χ0n) is 53.2. The summed E-state index contributed by atoms with van der Waals surface area (Å²) >= 11 is 1.84. The fraction of sp³-hybridized carbons (Fsp3) is 0.245. The number of fused-ring (bicyclic) bond motifs is 3. The summed E-state index contributed by atoms with van der Waals surface area (Å²) < 4.78 is 224. The molecule has 1 amide bonds. The number of rotatable bonds is 28. The number of hydrogen-bond acceptors (Lipinski definition) is 37. The zero-order chi connectivity index (χ0) is 77.7. The molecule has 0 saturated carbocycles. The lowest BCUT2D eigenvalue weighted by molar-refractivity contribution is -0.385. The summed E-state index contributed by atoms with van der Waals surface area (Å²) in [5.41, 5.74) is -1.66. The Kier molecular flexibility index (Phi) is 32.1. The van der Waals surface area contributed by atoms with Gasteiger partial charge in [0.2, 0.25) is 29.6 Å². The predicted molar refractivity (Wildman–Crippen MR) is 377 cm³/mol. The van der Waals surface area contributed by atoms with Crippen LogP contribution in [-0.2, 0) is 81.3 Å². The Bertz CT molecular complexity index is 5560. The Balaban J connectivity index is 0.00000182. The summed E-state index contributed by atoms with van der Waals surface area (Å²) in [6.45, 7) is 2.07. The highest BCUT2D eigenvalue weighted by atomic mass is 32.2. The lowest BCUT2D eigenvalue weighted by Crippen LogP contribution is -2.17. The molecule has 0 spiro atoms. The Morgan fingerprint density at radius 2 is 1.13 bits per heavy atom. The molecule has 3 heterocycles. The van der Waals surface area contributed by atoms with Crippen molar-refractivity contribution in [3.63, 3.8) is 0 Å². The molecule has 10 N–H and O–H groups in total. The number of benzene rings is 5. The molecule has 3 aromatic heterocycles. The van der Waals surface area contributed by atoms with Crippen LogP contribution in [0.15, 0.2) is 141 Å². The highest BCUT2D eigenvalue weighted by Crippen LogP contribution is 2.46. The molecule has 105 heavy (non-hydrogen) atoms. The van der Waals surface area contributed by atoms with E-state index in [1.165, 1.54) is 47.7 Å². The number of nitriles is 1. The minimum Gasteiger partial charge on any atom is -0.493 e. The first-order valence-electron chi connectivity index (χ1n) is 27.8. The molecule has 0 atom stereocenters. The lowest BCUT2D eigenvalue weighted by Gasteiger charge is -2.15. The van der Waals surface area contributed by atoms with Gasteiger partial charge in [-0.1, -0.05) is 25.6 Å². The quantitative estimate of drug-likeness (QED) is 0.00548. The molecule has 0 saturated heterocycles. The Labute approximate surface area is 607 Å². The number of para-hydroxylation sites is 2. The van der Waals surface area contributed by atoms with E-state index in [2.05, 4.69) is 82.7 Å². The molecular weight excluding hydrogens is 1580 g/mol. The number of aromatic hydroxyl groups is 1. The first-order chi connectivity index (χ1) is 48.5. The number of azo groups is 3. The third kappa shape index (κ3) is 28.1. The Hall–Kier alpha value is -10.1. The van der Waals surface area contributed by atoms with Crippen molar-refractivity contribution in [3.8, 4) is 11.9 Å². The van der Waals surface area contributed by atoms with Gasteiger partial charge in [-0.3, -0.25) is 42.1 Å². The standard InChI is InChI=1S/C50H47N17O19S7.C2H6O.CH4.2O3S/c1-27-32(26-51)46-55-33-10-3-4-11-41(33)66(46)47(69)45(27)65-64-40-23-36(56-50-58-48(52-14-19-91(78,79)80)57-49(59-50)54-29-8-5-9-31(20-29)92(81,82)83)38(25-43(40)88-16-7-18-90(75,76)77)62-63-39-22-35(53-28(2)68)37(24-42(39)87-15-6-17-89(72,73)74)61-60-34-13-12-30(67(70)71)21-44(34)93(84,85)86;1-3-2;;2*1-4(2)3/h3-5,8-13,20-25,69H,6-7,14-19H2,1-2H3,(H,53,68)(H,72,73,74)(H,75,76,77)(H,78,79,80)(H,81,82,83)(H,84,85,86)(H3,52,54,56,57,58,59);1-2H3;1H4;;. The van der Waals surface area contributed by atoms with Gasteiger partial charge in [0, 0.05) is 60.9 Å². The molecule has 0 unspecified atom stereocenters. The SMILES string of the molecule is C.CC(=O)Nc1cc(N=Nc2cc(SCCCS(=O)(=O)O)c(N=Nc3c(C)c(C#N)c4nc5ccccc5n4c3O)cc2Nc2nc(NCCS(=O)(=O)O)nc(Nc3cccc(S(=O)(=O)O)c3)n2)c(SCCCS(=O)(=O)O)cc1N=Nc1ccc([N+](=O)[O-])cc1S(=O)(=O)O.COC.O=S(=O)=O.O=S(=O)=O. The fourth-order valence-electron chi connectivity index (χ4n) is 8.19. The summed E-state index contributed by atoms with van der Waals surface area (Å²) in [4.78, 5) is 39.4. The monoisotopic (exact) mass is 1640 g/mol. The van der Waals surface area contributed by atoms with E-state index in [1.54, 1.807) is 38.5 Å². The first kappa shape index (κ1) is 87.3. The average Bonchev–Trinajstić information content (AvgIpc) is 1.61. The highest BCUT2D eigenvalue weighted by Gasteiger charge is 2.25. The summed E-state index contributed by atoms with van der Waals surface area (Å²) in [6, 6.07) is 20.7. The molecular formula is C53H57N17O26S9. The molecule has 8 aromatic rings. The molecule has 564 valence electrons. The van der Waals surface area contributed by atoms with Crippen LogP contribution in [0.4, 0.5) is 74.7 Å². The molecule has 0 fully saturated rings. The van der Waals surface area contributed by atoms with Crippen molar-refractivity contribution in [3.05, 3.63) is 112 Å². The first-order valence-corrected chi connectivity index (χ1v) is 39.5. The van der Waals surface area contributed by atoms with Crippen molar-refractivity contribution in [1.29, 1.82) is 5.26 Å². The van der Waals surface area contributed by atoms with Crippen molar-refractivity contribution >= 4 is 193 Å². The Morgan fingerprint density at radius 1 is 0.638 bits per heavy atom. The Morgan fingerprint density at radius 3 is 1.65 bits per heavy atom. The van der Waals surface area contributed by atoms with Gasteiger partial charge in [0.15, 0.2) is 11.3 Å². The summed E-state index contributed by atoms with van der Waals surface area (Å²) in [5, 5.41) is 70.5. The number of methoxy groups -OCH3 is 1. The van der Waals surface area contributed by atoms with Gasteiger partial charge in [0.05, 0.1) is 49.5 Å². The van der Waals surface area contributed by atoms with Crippen LogP contribution in [0.1, 0.15) is 38.3 Å². The number of imidazole rings is 1. The predicted octanol–water partition coefficient (Wildman–Crippen LogP) is 8.58. The smallest absolute Gasteiger partial charge is 0.425 e. The third-order valence-corrected chi connectivity index (χ3v) is 18.6. The number of nitrogens with zero attached hydrogens (tertiary/aromatic N) is 13. The van der Waals surface area contributed by atoms with Gasteiger partial charge in [0.1, 0.15) is 45.0 Å². The summed E-state index contributed by atoms with van der Waals surface area (Å²) in [6.07, 6.45) is -0.348. The maximum absolute atomic E-state index is 12.8. The van der Waals surface area contributed by atoms with Gasteiger partial charge < -0.3 is 31.1 Å². The second kappa shape index (κ2) is 38.6. The topological polar surface area (TPSA) is 666 Å². The van der Waals surface area contributed by atoms with Crippen LogP contribution >= 0.6 is 23.5 Å². The summed E-state index contributed by atoms with van der Waals surface area (Å²) in [5.74, 6) is -4.86. The van der Waals surface area contributed by atoms with E-state index >= 15 is 0 Å². The number of non-ortho nitro benzene ring substituents is 1. The minimum absolute atomic E-state index is 0. The molecule has 8 rings (SSSR count). The number of carbonyl (C=O) groups is 1. The van der Waals surface area contributed by atoms with E-state index in [9.17, 15) is 90.1 Å². The highest BCUT2D eigenvalue weighted by molar-refractivity contribution is 7.99. The normalized spacial score (nSPS) is 11.7. The fourth-order valence-corrected chi connectivity index (χ4v) is 13.0. The van der Waals surface area contributed by atoms with Crippen LogP contribution in [-0.4, -0.2) is 180 Å². The van der Waals surface area contributed by atoms with Gasteiger partial charge in [-0.05, 0) is 91.9 Å². The van der Waals surface area contributed by atoms with E-state index < -0.39 is 139 Å². The molecule has 0 radical (unpaired) electrons. The number of nitro benzene ring substituents is 1. The van der Waals surface area contributed by atoms with Crippen LogP contribution in [0.3, 0.4) is 0 Å². The number of pyridine rings is 1. The van der Waals surface area contributed by atoms with Crippen LogP contribution in [0.5, 0.6) is 5.88 Å². The molecule has 52 heteroatoms. The van der Waals surface area contributed by atoms with Crippen LogP contribution < -0.4 is 21.3 Å². The van der Waals surface area contributed by atoms with Gasteiger partial charge in [-0.15, -0.1) is 79.5 Å². The van der Waals surface area contributed by atoms with Gasteiger partial charge in [0.25, 0.3) is 56.3 Å². The zero-order valence-corrected chi connectivity index (χ0v) is 60.5. The van der Waals surface area contributed by atoms with Gasteiger partial charge in [-0.2, -0.15) is 62.3 Å². The van der Waals surface area contributed by atoms with Crippen LogP contribution in [0.2, 0.25) is 0 Å². The van der Waals surface area contributed by atoms with E-state index in [0.29, 0.717) is 17.1 Å². The minimum atomic E-state index is -5.18.